The first-order chi connectivity index (χ1) is 9.22. The standard InChI is InChI=1S/C11H12F2N4O2S/c1-6-10(14)11(17(2)15-6)16-20(18,19)9-4-3-7(12)5-8(9)13/h3-5,16H,14H2,1-2H3. The zero-order chi connectivity index (χ0) is 15.1. The number of rotatable bonds is 3. The third-order valence-corrected chi connectivity index (χ3v) is 4.06. The van der Waals surface area contributed by atoms with E-state index in [0.29, 0.717) is 11.8 Å². The van der Waals surface area contributed by atoms with E-state index in [1.165, 1.54) is 11.7 Å². The Kier molecular flexibility index (Phi) is 3.38. The molecule has 0 atom stereocenters. The van der Waals surface area contributed by atoms with E-state index >= 15 is 0 Å². The molecular weight excluding hydrogens is 290 g/mol. The molecule has 0 saturated heterocycles. The Labute approximate surface area is 114 Å². The normalized spacial score (nSPS) is 11.6. The van der Waals surface area contributed by atoms with Gasteiger partial charge in [-0.3, -0.25) is 4.72 Å². The molecule has 0 aliphatic carbocycles. The van der Waals surface area contributed by atoms with Gasteiger partial charge in [-0.15, -0.1) is 0 Å². The molecule has 0 aliphatic rings. The zero-order valence-corrected chi connectivity index (χ0v) is 11.5. The van der Waals surface area contributed by atoms with E-state index in [-0.39, 0.29) is 11.5 Å². The molecule has 1 heterocycles. The highest BCUT2D eigenvalue weighted by atomic mass is 32.2. The van der Waals surface area contributed by atoms with E-state index in [4.69, 9.17) is 5.73 Å². The molecule has 0 bridgehead atoms. The average molecular weight is 302 g/mol. The lowest BCUT2D eigenvalue weighted by Crippen LogP contribution is -2.17. The summed E-state index contributed by atoms with van der Waals surface area (Å²) in [5.41, 5.74) is 6.26. The molecule has 3 N–H and O–H groups in total. The van der Waals surface area contributed by atoms with Crippen molar-refractivity contribution in [3.63, 3.8) is 0 Å². The van der Waals surface area contributed by atoms with Crippen molar-refractivity contribution in [1.82, 2.24) is 9.78 Å². The van der Waals surface area contributed by atoms with E-state index < -0.39 is 26.6 Å². The van der Waals surface area contributed by atoms with Crippen molar-refractivity contribution in [2.75, 3.05) is 10.5 Å². The van der Waals surface area contributed by atoms with E-state index in [2.05, 4.69) is 9.82 Å². The largest absolute Gasteiger partial charge is 0.394 e. The average Bonchev–Trinajstić information content (AvgIpc) is 2.55. The second-order valence-corrected chi connectivity index (χ2v) is 5.80. The van der Waals surface area contributed by atoms with Gasteiger partial charge in [0.1, 0.15) is 16.5 Å². The summed E-state index contributed by atoms with van der Waals surface area (Å²) in [4.78, 5) is -0.669. The van der Waals surface area contributed by atoms with Gasteiger partial charge in [-0.2, -0.15) is 5.10 Å². The maximum absolute atomic E-state index is 13.5. The Hall–Kier alpha value is -2.16. The first-order valence-corrected chi connectivity index (χ1v) is 6.97. The van der Waals surface area contributed by atoms with Gasteiger partial charge in [-0.05, 0) is 19.1 Å². The number of nitrogens with one attached hydrogen (secondary N) is 1. The van der Waals surface area contributed by atoms with Crippen molar-refractivity contribution in [3.8, 4) is 0 Å². The quantitative estimate of drug-likeness (QED) is 0.896. The summed E-state index contributed by atoms with van der Waals surface area (Å²) < 4.78 is 53.9. The second kappa shape index (κ2) is 4.75. The van der Waals surface area contributed by atoms with Gasteiger partial charge in [-0.25, -0.2) is 21.9 Å². The summed E-state index contributed by atoms with van der Waals surface area (Å²) in [6, 6.07) is 2.19. The maximum Gasteiger partial charge on any atom is 0.266 e. The number of halogens is 2. The van der Waals surface area contributed by atoms with Crippen LogP contribution < -0.4 is 10.5 Å². The van der Waals surface area contributed by atoms with Gasteiger partial charge in [0.2, 0.25) is 0 Å². The summed E-state index contributed by atoms with van der Waals surface area (Å²) in [7, 11) is -2.74. The lowest BCUT2D eigenvalue weighted by molar-refractivity contribution is 0.550. The number of sulfonamides is 1. The van der Waals surface area contributed by atoms with Gasteiger partial charge in [0.25, 0.3) is 10.0 Å². The van der Waals surface area contributed by atoms with E-state index in [1.807, 2.05) is 0 Å². The van der Waals surface area contributed by atoms with Gasteiger partial charge < -0.3 is 5.73 Å². The number of nitrogens with zero attached hydrogens (tertiary/aromatic N) is 2. The minimum absolute atomic E-state index is 0.0197. The van der Waals surface area contributed by atoms with E-state index in [9.17, 15) is 17.2 Å². The highest BCUT2D eigenvalue weighted by Gasteiger charge is 2.23. The van der Waals surface area contributed by atoms with Crippen LogP contribution in [0.4, 0.5) is 20.3 Å². The fourth-order valence-corrected chi connectivity index (χ4v) is 2.84. The van der Waals surface area contributed by atoms with Crippen molar-refractivity contribution in [3.05, 3.63) is 35.5 Å². The zero-order valence-electron chi connectivity index (χ0n) is 10.7. The summed E-state index contributed by atoms with van der Waals surface area (Å²) >= 11 is 0. The van der Waals surface area contributed by atoms with Crippen LogP contribution in [0.5, 0.6) is 0 Å². The summed E-state index contributed by atoms with van der Waals surface area (Å²) in [5.74, 6) is -2.03. The van der Waals surface area contributed by atoms with Crippen LogP contribution in [0.2, 0.25) is 0 Å². The van der Waals surface area contributed by atoms with Crippen molar-refractivity contribution < 1.29 is 17.2 Å². The number of nitrogens with two attached hydrogens (primary N) is 1. The maximum atomic E-state index is 13.5. The molecule has 2 rings (SSSR count). The molecule has 6 nitrogen and oxygen atoms in total. The molecular formula is C11H12F2N4O2S. The number of aromatic nitrogens is 2. The van der Waals surface area contributed by atoms with Crippen LogP contribution in [0.1, 0.15) is 5.69 Å². The van der Waals surface area contributed by atoms with Crippen LogP contribution in [0, 0.1) is 18.6 Å². The second-order valence-electron chi connectivity index (χ2n) is 4.15. The van der Waals surface area contributed by atoms with Crippen LogP contribution in [-0.2, 0) is 17.1 Å². The lowest BCUT2D eigenvalue weighted by Gasteiger charge is -2.09. The summed E-state index contributed by atoms with van der Waals surface area (Å²) in [6.45, 7) is 1.60. The van der Waals surface area contributed by atoms with Gasteiger partial charge in [0, 0.05) is 13.1 Å². The Morgan fingerprint density at radius 1 is 1.35 bits per heavy atom. The predicted octanol–water partition coefficient (Wildman–Crippen LogP) is 1.39. The molecule has 0 unspecified atom stereocenters. The minimum atomic E-state index is -4.22. The number of nitrogen functional groups attached to an aromatic ring is 1. The van der Waals surface area contributed by atoms with Crippen molar-refractivity contribution in [1.29, 1.82) is 0 Å². The van der Waals surface area contributed by atoms with Crippen molar-refractivity contribution in [2.45, 2.75) is 11.8 Å². The van der Waals surface area contributed by atoms with Crippen LogP contribution in [0.25, 0.3) is 0 Å². The smallest absolute Gasteiger partial charge is 0.266 e. The third-order valence-electron chi connectivity index (χ3n) is 2.68. The fraction of sp³-hybridized carbons (Fsp3) is 0.182. The Morgan fingerprint density at radius 2 is 2.00 bits per heavy atom. The molecule has 1 aromatic heterocycles. The number of hydrogen-bond acceptors (Lipinski definition) is 4. The molecule has 9 heteroatoms. The molecule has 2 aromatic rings. The van der Waals surface area contributed by atoms with Crippen molar-refractivity contribution >= 4 is 21.5 Å². The molecule has 0 amide bonds. The molecule has 0 saturated carbocycles. The first kappa shape index (κ1) is 14.3. The van der Waals surface area contributed by atoms with Crippen LogP contribution in [0.15, 0.2) is 23.1 Å². The van der Waals surface area contributed by atoms with Gasteiger partial charge >= 0.3 is 0 Å². The summed E-state index contributed by atoms with van der Waals surface area (Å²) in [6.07, 6.45) is 0. The van der Waals surface area contributed by atoms with Gasteiger partial charge in [0.15, 0.2) is 5.82 Å². The van der Waals surface area contributed by atoms with Gasteiger partial charge in [0.05, 0.1) is 11.4 Å². The SMILES string of the molecule is Cc1nn(C)c(NS(=O)(=O)c2ccc(F)cc2F)c1N. The molecule has 20 heavy (non-hydrogen) atoms. The predicted molar refractivity (Wildman–Crippen MR) is 69.5 cm³/mol. The highest BCUT2D eigenvalue weighted by Crippen LogP contribution is 2.25. The van der Waals surface area contributed by atoms with Crippen LogP contribution in [0.3, 0.4) is 0 Å². The molecule has 108 valence electrons. The lowest BCUT2D eigenvalue weighted by atomic mass is 10.3. The molecule has 1 aromatic carbocycles. The topological polar surface area (TPSA) is 90.0 Å². The monoisotopic (exact) mass is 302 g/mol. The Morgan fingerprint density at radius 3 is 2.50 bits per heavy atom. The fourth-order valence-electron chi connectivity index (χ4n) is 1.67. The van der Waals surface area contributed by atoms with Crippen LogP contribution in [-0.4, -0.2) is 18.2 Å². The first-order valence-electron chi connectivity index (χ1n) is 5.49. The van der Waals surface area contributed by atoms with Gasteiger partial charge in [-0.1, -0.05) is 0 Å². The molecule has 0 aliphatic heterocycles. The third kappa shape index (κ3) is 2.44. The Balaban J connectivity index is 2.46. The molecule has 0 radical (unpaired) electrons. The number of benzene rings is 1. The minimum Gasteiger partial charge on any atom is -0.394 e. The Bertz CT molecular complexity index is 771. The molecule has 0 spiro atoms. The number of hydrogen-bond donors (Lipinski definition) is 2. The number of aryl methyl sites for hydroxylation is 2. The van der Waals surface area contributed by atoms with E-state index in [1.54, 1.807) is 6.92 Å². The van der Waals surface area contributed by atoms with Crippen molar-refractivity contribution in [2.24, 2.45) is 7.05 Å². The molecule has 0 fully saturated rings. The highest BCUT2D eigenvalue weighted by molar-refractivity contribution is 7.92. The summed E-state index contributed by atoms with van der Waals surface area (Å²) in [5, 5.41) is 3.94. The van der Waals surface area contributed by atoms with E-state index in [0.717, 1.165) is 12.1 Å². The van der Waals surface area contributed by atoms with Crippen LogP contribution >= 0.6 is 0 Å². The number of anilines is 2.